The molecule has 2 aliphatic heterocycles. The van der Waals surface area contributed by atoms with Gasteiger partial charge in [-0.15, -0.1) is 0 Å². The Hall–Kier alpha value is -0.120. The largest absolute Gasteiger partial charge is 0.378 e. The quantitative estimate of drug-likeness (QED) is 0.759. The maximum atomic E-state index is 5.65. The van der Waals surface area contributed by atoms with Gasteiger partial charge >= 0.3 is 0 Å². The summed E-state index contributed by atoms with van der Waals surface area (Å²) in [6, 6.07) is 0.754. The smallest absolute Gasteiger partial charge is 0.0588 e. The van der Waals surface area contributed by atoms with Crippen molar-refractivity contribution in [3.8, 4) is 0 Å². The van der Waals surface area contributed by atoms with Crippen molar-refractivity contribution in [2.75, 3.05) is 33.3 Å². The van der Waals surface area contributed by atoms with Gasteiger partial charge in [0.05, 0.1) is 6.10 Å². The fourth-order valence-electron chi connectivity index (χ4n) is 2.64. The lowest BCUT2D eigenvalue weighted by atomic mass is 10.0. The van der Waals surface area contributed by atoms with Gasteiger partial charge in [-0.2, -0.15) is 0 Å². The molecule has 2 saturated heterocycles. The van der Waals surface area contributed by atoms with Crippen LogP contribution in [0.4, 0.5) is 0 Å². The highest BCUT2D eigenvalue weighted by Crippen LogP contribution is 2.17. The predicted molar refractivity (Wildman–Crippen MR) is 62.1 cm³/mol. The van der Waals surface area contributed by atoms with Crippen LogP contribution in [0.25, 0.3) is 0 Å². The molecule has 2 heterocycles. The fourth-order valence-corrected chi connectivity index (χ4v) is 2.64. The van der Waals surface area contributed by atoms with Crippen LogP contribution in [0.3, 0.4) is 0 Å². The van der Waals surface area contributed by atoms with E-state index >= 15 is 0 Å². The second-order valence-corrected chi connectivity index (χ2v) is 4.83. The average Bonchev–Trinajstić information content (AvgIpc) is 2.80. The molecule has 2 aliphatic rings. The molecule has 0 aromatic carbocycles. The molecule has 15 heavy (non-hydrogen) atoms. The summed E-state index contributed by atoms with van der Waals surface area (Å²) in [5.74, 6) is 0. The molecular weight excluding hydrogens is 188 g/mol. The summed E-state index contributed by atoms with van der Waals surface area (Å²) in [6.07, 6.45) is 6.97. The maximum absolute atomic E-state index is 5.65. The van der Waals surface area contributed by atoms with E-state index < -0.39 is 0 Å². The van der Waals surface area contributed by atoms with E-state index in [2.05, 4.69) is 17.3 Å². The van der Waals surface area contributed by atoms with E-state index in [0.717, 1.165) is 12.6 Å². The summed E-state index contributed by atoms with van der Waals surface area (Å²) in [5.41, 5.74) is 0. The summed E-state index contributed by atoms with van der Waals surface area (Å²) in [4.78, 5) is 2.59. The zero-order valence-electron chi connectivity index (χ0n) is 9.87. The van der Waals surface area contributed by atoms with E-state index in [0.29, 0.717) is 6.10 Å². The van der Waals surface area contributed by atoms with Gasteiger partial charge in [0, 0.05) is 19.2 Å². The van der Waals surface area contributed by atoms with Crippen LogP contribution in [0.15, 0.2) is 0 Å². The molecule has 1 unspecified atom stereocenters. The molecule has 3 nitrogen and oxygen atoms in total. The van der Waals surface area contributed by atoms with Crippen LogP contribution >= 0.6 is 0 Å². The number of nitrogens with one attached hydrogen (secondary N) is 1. The van der Waals surface area contributed by atoms with Crippen molar-refractivity contribution in [3.05, 3.63) is 0 Å². The Morgan fingerprint density at radius 2 is 2.07 bits per heavy atom. The van der Waals surface area contributed by atoms with Crippen LogP contribution in [0.5, 0.6) is 0 Å². The van der Waals surface area contributed by atoms with Crippen LogP contribution < -0.4 is 5.32 Å². The SMILES string of the molecule is CNC1CCN(CCC2CCCO2)CC1. The Bertz CT molecular complexity index is 172. The summed E-state index contributed by atoms with van der Waals surface area (Å²) in [7, 11) is 2.08. The fraction of sp³-hybridized carbons (Fsp3) is 1.00. The Balaban J connectivity index is 1.59. The Morgan fingerprint density at radius 1 is 1.27 bits per heavy atom. The van der Waals surface area contributed by atoms with Gasteiger partial charge in [0.15, 0.2) is 0 Å². The van der Waals surface area contributed by atoms with Crippen LogP contribution in [-0.4, -0.2) is 50.3 Å². The lowest BCUT2D eigenvalue weighted by molar-refractivity contribution is 0.0870. The van der Waals surface area contributed by atoms with Crippen molar-refractivity contribution in [1.82, 2.24) is 10.2 Å². The molecule has 1 N–H and O–H groups in total. The normalized spacial score (nSPS) is 29.8. The number of hydrogen-bond acceptors (Lipinski definition) is 3. The molecule has 88 valence electrons. The molecule has 0 bridgehead atoms. The van der Waals surface area contributed by atoms with Crippen molar-refractivity contribution in [2.24, 2.45) is 0 Å². The van der Waals surface area contributed by atoms with Crippen LogP contribution in [0.2, 0.25) is 0 Å². The minimum Gasteiger partial charge on any atom is -0.378 e. The third kappa shape index (κ3) is 3.44. The van der Waals surface area contributed by atoms with Crippen molar-refractivity contribution in [2.45, 2.75) is 44.2 Å². The summed E-state index contributed by atoms with van der Waals surface area (Å²) in [5, 5.41) is 3.37. The second-order valence-electron chi connectivity index (χ2n) is 4.83. The van der Waals surface area contributed by atoms with E-state index in [9.17, 15) is 0 Å². The number of nitrogens with zero attached hydrogens (tertiary/aromatic N) is 1. The minimum absolute atomic E-state index is 0.562. The standard InChI is InChI=1S/C12H24N2O/c1-13-11-4-7-14(8-5-11)9-6-12-3-2-10-15-12/h11-13H,2-10H2,1H3. The van der Waals surface area contributed by atoms with Gasteiger partial charge in [-0.1, -0.05) is 0 Å². The number of hydrogen-bond donors (Lipinski definition) is 1. The highest BCUT2D eigenvalue weighted by molar-refractivity contribution is 4.77. The molecule has 2 rings (SSSR count). The molecule has 0 spiro atoms. The summed E-state index contributed by atoms with van der Waals surface area (Å²) < 4.78 is 5.65. The van der Waals surface area contributed by atoms with Crippen molar-refractivity contribution < 1.29 is 4.74 Å². The second kappa shape index (κ2) is 5.83. The number of likely N-dealkylation sites (tertiary alicyclic amines) is 1. The van der Waals surface area contributed by atoms with E-state index in [-0.39, 0.29) is 0 Å². The topological polar surface area (TPSA) is 24.5 Å². The van der Waals surface area contributed by atoms with E-state index in [1.165, 1.54) is 51.7 Å². The molecule has 1 atom stereocenters. The first-order valence-electron chi connectivity index (χ1n) is 6.39. The third-order valence-corrected chi connectivity index (χ3v) is 3.79. The molecule has 3 heteroatoms. The molecule has 0 amide bonds. The Kier molecular flexibility index (Phi) is 4.42. The minimum atomic E-state index is 0.562. The van der Waals surface area contributed by atoms with Crippen LogP contribution in [0.1, 0.15) is 32.1 Å². The van der Waals surface area contributed by atoms with Gasteiger partial charge < -0.3 is 15.0 Å². The maximum Gasteiger partial charge on any atom is 0.0588 e. The van der Waals surface area contributed by atoms with Crippen molar-refractivity contribution in [1.29, 1.82) is 0 Å². The van der Waals surface area contributed by atoms with Gasteiger partial charge in [0.1, 0.15) is 0 Å². The van der Waals surface area contributed by atoms with E-state index in [1.807, 2.05) is 0 Å². The zero-order valence-corrected chi connectivity index (χ0v) is 9.87. The van der Waals surface area contributed by atoms with Crippen LogP contribution in [0, 0.1) is 0 Å². The molecule has 0 aromatic heterocycles. The van der Waals surface area contributed by atoms with Gasteiger partial charge in [0.25, 0.3) is 0 Å². The molecular formula is C12H24N2O. The number of ether oxygens (including phenoxy) is 1. The van der Waals surface area contributed by atoms with Crippen molar-refractivity contribution >= 4 is 0 Å². The molecule has 2 fully saturated rings. The predicted octanol–water partition coefficient (Wildman–Crippen LogP) is 1.24. The van der Waals surface area contributed by atoms with Gasteiger partial charge in [0.2, 0.25) is 0 Å². The zero-order chi connectivity index (χ0) is 10.5. The van der Waals surface area contributed by atoms with E-state index in [4.69, 9.17) is 4.74 Å². The van der Waals surface area contributed by atoms with Crippen LogP contribution in [-0.2, 0) is 4.74 Å². The van der Waals surface area contributed by atoms with Gasteiger partial charge in [-0.05, 0) is 52.2 Å². The van der Waals surface area contributed by atoms with E-state index in [1.54, 1.807) is 0 Å². The summed E-state index contributed by atoms with van der Waals surface area (Å²) in [6.45, 7) is 4.75. The van der Waals surface area contributed by atoms with Gasteiger partial charge in [-0.25, -0.2) is 0 Å². The Labute approximate surface area is 93.2 Å². The molecule has 0 aromatic rings. The first-order chi connectivity index (χ1) is 7.38. The number of piperidine rings is 1. The molecule has 0 aliphatic carbocycles. The molecule has 0 radical (unpaired) electrons. The number of rotatable bonds is 4. The van der Waals surface area contributed by atoms with Gasteiger partial charge in [-0.3, -0.25) is 0 Å². The highest BCUT2D eigenvalue weighted by Gasteiger charge is 2.20. The van der Waals surface area contributed by atoms with Crippen molar-refractivity contribution in [3.63, 3.8) is 0 Å². The molecule has 0 saturated carbocycles. The average molecular weight is 212 g/mol. The monoisotopic (exact) mass is 212 g/mol. The first-order valence-corrected chi connectivity index (χ1v) is 6.39. The third-order valence-electron chi connectivity index (χ3n) is 3.79. The first kappa shape index (κ1) is 11.4. The summed E-state index contributed by atoms with van der Waals surface area (Å²) >= 11 is 0. The Morgan fingerprint density at radius 3 is 2.67 bits per heavy atom. The highest BCUT2D eigenvalue weighted by atomic mass is 16.5. The lowest BCUT2D eigenvalue weighted by Crippen LogP contribution is -2.42. The lowest BCUT2D eigenvalue weighted by Gasteiger charge is -2.32.